The van der Waals surface area contributed by atoms with E-state index in [1.807, 2.05) is 12.1 Å². The zero-order valence-corrected chi connectivity index (χ0v) is 15.6. The third-order valence-electron chi connectivity index (χ3n) is 4.70. The first kappa shape index (κ1) is 18.3. The molecule has 0 bridgehead atoms. The van der Waals surface area contributed by atoms with Crippen LogP contribution in [0.1, 0.15) is 26.3 Å². The zero-order valence-electron chi connectivity index (χ0n) is 15.6. The molecule has 0 aliphatic carbocycles. The molecule has 2 aliphatic rings. The third kappa shape index (κ3) is 3.67. The number of fused-ring (bicyclic) bond motifs is 1. The van der Waals surface area contributed by atoms with Crippen molar-refractivity contribution in [2.24, 2.45) is 5.73 Å². The highest BCUT2D eigenvalue weighted by atomic mass is 16.5. The van der Waals surface area contributed by atoms with Crippen molar-refractivity contribution in [3.05, 3.63) is 29.0 Å². The van der Waals surface area contributed by atoms with E-state index >= 15 is 0 Å². The molecule has 1 fully saturated rings. The number of hydrogen-bond donors (Lipinski definition) is 4. The van der Waals surface area contributed by atoms with Crippen LogP contribution < -0.4 is 26.0 Å². The van der Waals surface area contributed by atoms with Gasteiger partial charge in [0.25, 0.3) is 5.91 Å². The van der Waals surface area contributed by atoms with Gasteiger partial charge in [0.15, 0.2) is 0 Å². The summed E-state index contributed by atoms with van der Waals surface area (Å²) in [4.78, 5) is 14.8. The number of nitrogens with two attached hydrogens (primary N) is 1. The monoisotopic (exact) mass is 357 g/mol. The maximum Gasteiger partial charge on any atom is 0.259 e. The molecule has 0 spiro atoms. The molecule has 1 aromatic rings. The van der Waals surface area contributed by atoms with Crippen LogP contribution in [-0.4, -0.2) is 43.9 Å². The quantitative estimate of drug-likeness (QED) is 0.484. The number of amides is 1. The van der Waals surface area contributed by atoms with E-state index in [1.54, 1.807) is 6.92 Å². The standard InChI is InChI=1S/C19H27N5O2/c1-12(21)14(11-20)18(25)23-15-8-13-10-19(2,3)26-17(13)9-16(15)24-6-4-22-5-7-24/h8-9,11,20,22H,4-7,10,21H2,1-3H3,(H,23,25)/b14-12+,20-11?. The minimum atomic E-state index is -0.366. The zero-order chi connectivity index (χ0) is 18.9. The smallest absolute Gasteiger partial charge is 0.259 e. The van der Waals surface area contributed by atoms with Crippen LogP contribution in [-0.2, 0) is 11.2 Å². The van der Waals surface area contributed by atoms with E-state index in [9.17, 15) is 4.79 Å². The van der Waals surface area contributed by atoms with Crippen LogP contribution in [0.4, 0.5) is 11.4 Å². The summed E-state index contributed by atoms with van der Waals surface area (Å²) in [5.41, 5.74) is 8.74. The fourth-order valence-electron chi connectivity index (χ4n) is 3.46. The number of benzene rings is 1. The molecule has 7 heteroatoms. The Kier molecular flexibility index (Phi) is 4.91. The highest BCUT2D eigenvalue weighted by molar-refractivity contribution is 6.18. The van der Waals surface area contributed by atoms with Crippen molar-refractivity contribution >= 4 is 23.5 Å². The lowest BCUT2D eigenvalue weighted by Crippen LogP contribution is -2.43. The van der Waals surface area contributed by atoms with Crippen molar-refractivity contribution in [1.82, 2.24) is 5.32 Å². The Morgan fingerprint density at radius 2 is 2.08 bits per heavy atom. The largest absolute Gasteiger partial charge is 0.487 e. The molecule has 2 aliphatic heterocycles. The molecule has 0 radical (unpaired) electrons. The molecule has 5 N–H and O–H groups in total. The first-order valence-electron chi connectivity index (χ1n) is 8.90. The molecule has 3 rings (SSSR count). The van der Waals surface area contributed by atoms with E-state index in [4.69, 9.17) is 15.9 Å². The Hall–Kier alpha value is -2.54. The molecule has 26 heavy (non-hydrogen) atoms. The van der Waals surface area contributed by atoms with Gasteiger partial charge < -0.3 is 31.4 Å². The van der Waals surface area contributed by atoms with Crippen molar-refractivity contribution in [2.75, 3.05) is 36.4 Å². The molecule has 0 saturated carbocycles. The molecular formula is C19H27N5O2. The number of carbonyl (C=O) groups is 1. The first-order chi connectivity index (χ1) is 12.3. The number of allylic oxidation sites excluding steroid dienone is 1. The molecule has 0 aromatic heterocycles. The molecule has 1 amide bonds. The number of piperazine rings is 1. The SMILES string of the molecule is C/C(N)=C(/C=N)C(=O)Nc1cc2c(cc1N1CCNCC1)OC(C)(C)C2. The van der Waals surface area contributed by atoms with Crippen molar-refractivity contribution < 1.29 is 9.53 Å². The second-order valence-corrected chi connectivity index (χ2v) is 7.45. The lowest BCUT2D eigenvalue weighted by Gasteiger charge is -2.31. The van der Waals surface area contributed by atoms with Crippen LogP contribution >= 0.6 is 0 Å². The fourth-order valence-corrected chi connectivity index (χ4v) is 3.46. The van der Waals surface area contributed by atoms with Gasteiger partial charge in [-0.25, -0.2) is 0 Å². The highest BCUT2D eigenvalue weighted by Crippen LogP contribution is 2.41. The molecule has 1 saturated heterocycles. The maximum absolute atomic E-state index is 12.6. The van der Waals surface area contributed by atoms with Gasteiger partial charge in [-0.3, -0.25) is 4.79 Å². The van der Waals surface area contributed by atoms with Gasteiger partial charge in [-0.15, -0.1) is 0 Å². The highest BCUT2D eigenvalue weighted by Gasteiger charge is 2.32. The average Bonchev–Trinajstić information content (AvgIpc) is 2.88. The van der Waals surface area contributed by atoms with Crippen molar-refractivity contribution in [1.29, 1.82) is 5.41 Å². The lowest BCUT2D eigenvalue weighted by molar-refractivity contribution is -0.112. The van der Waals surface area contributed by atoms with Crippen LogP contribution in [0.5, 0.6) is 5.75 Å². The lowest BCUT2D eigenvalue weighted by atomic mass is 10.0. The van der Waals surface area contributed by atoms with E-state index in [0.717, 1.165) is 61.5 Å². The van der Waals surface area contributed by atoms with Gasteiger partial charge in [0.2, 0.25) is 0 Å². The summed E-state index contributed by atoms with van der Waals surface area (Å²) in [6, 6.07) is 4.01. The Morgan fingerprint density at radius 1 is 1.38 bits per heavy atom. The Balaban J connectivity index is 1.98. The van der Waals surface area contributed by atoms with E-state index < -0.39 is 0 Å². The molecule has 2 heterocycles. The number of nitrogens with zero attached hydrogens (tertiary/aromatic N) is 1. The Bertz CT molecular complexity index is 759. The summed E-state index contributed by atoms with van der Waals surface area (Å²) >= 11 is 0. The summed E-state index contributed by atoms with van der Waals surface area (Å²) in [5.74, 6) is 0.508. The van der Waals surface area contributed by atoms with Crippen LogP contribution in [0.3, 0.4) is 0 Å². The predicted molar refractivity (Wildman–Crippen MR) is 104 cm³/mol. The van der Waals surface area contributed by atoms with Crippen LogP contribution in [0.2, 0.25) is 0 Å². The van der Waals surface area contributed by atoms with Gasteiger partial charge in [-0.2, -0.15) is 0 Å². The summed E-state index contributed by atoms with van der Waals surface area (Å²) in [6.45, 7) is 9.24. The van der Waals surface area contributed by atoms with Crippen LogP contribution in [0.25, 0.3) is 0 Å². The number of ether oxygens (including phenoxy) is 1. The number of anilines is 2. The van der Waals surface area contributed by atoms with Gasteiger partial charge in [0.1, 0.15) is 11.4 Å². The summed E-state index contributed by atoms with van der Waals surface area (Å²) in [7, 11) is 0. The molecule has 7 nitrogen and oxygen atoms in total. The minimum absolute atomic E-state index is 0.174. The molecule has 140 valence electrons. The second kappa shape index (κ2) is 6.99. The Morgan fingerprint density at radius 3 is 2.69 bits per heavy atom. The molecule has 1 aromatic carbocycles. The number of rotatable bonds is 4. The topological polar surface area (TPSA) is 103 Å². The second-order valence-electron chi connectivity index (χ2n) is 7.45. The molecule has 0 unspecified atom stereocenters. The molecule has 0 atom stereocenters. The van der Waals surface area contributed by atoms with Crippen LogP contribution in [0.15, 0.2) is 23.4 Å². The van der Waals surface area contributed by atoms with Crippen molar-refractivity contribution in [3.8, 4) is 5.75 Å². The van der Waals surface area contributed by atoms with Crippen LogP contribution in [0, 0.1) is 5.41 Å². The van der Waals surface area contributed by atoms with Gasteiger partial charge in [0.05, 0.1) is 16.9 Å². The van der Waals surface area contributed by atoms with Gasteiger partial charge in [-0.05, 0) is 26.8 Å². The van der Waals surface area contributed by atoms with Gasteiger partial charge in [-0.1, -0.05) is 0 Å². The van der Waals surface area contributed by atoms with E-state index in [0.29, 0.717) is 5.70 Å². The minimum Gasteiger partial charge on any atom is -0.487 e. The summed E-state index contributed by atoms with van der Waals surface area (Å²) < 4.78 is 6.07. The van der Waals surface area contributed by atoms with Gasteiger partial charge in [0, 0.05) is 56.1 Å². The predicted octanol–water partition coefficient (Wildman–Crippen LogP) is 1.63. The maximum atomic E-state index is 12.6. The normalized spacial score (nSPS) is 19.3. The van der Waals surface area contributed by atoms with E-state index in [-0.39, 0.29) is 17.1 Å². The third-order valence-corrected chi connectivity index (χ3v) is 4.70. The number of nitrogens with one attached hydrogen (secondary N) is 3. The van der Waals surface area contributed by atoms with E-state index in [1.165, 1.54) is 0 Å². The number of hydrogen-bond acceptors (Lipinski definition) is 6. The average molecular weight is 357 g/mol. The fraction of sp³-hybridized carbons (Fsp3) is 0.474. The number of carbonyl (C=O) groups excluding carboxylic acids is 1. The van der Waals surface area contributed by atoms with Gasteiger partial charge >= 0.3 is 0 Å². The molecular weight excluding hydrogens is 330 g/mol. The first-order valence-corrected chi connectivity index (χ1v) is 8.90. The summed E-state index contributed by atoms with van der Waals surface area (Å²) in [6.07, 6.45) is 1.78. The van der Waals surface area contributed by atoms with E-state index in [2.05, 4.69) is 29.4 Å². The van der Waals surface area contributed by atoms with Crippen molar-refractivity contribution in [2.45, 2.75) is 32.8 Å². The van der Waals surface area contributed by atoms with Crippen molar-refractivity contribution in [3.63, 3.8) is 0 Å². The Labute approximate surface area is 154 Å². The summed E-state index contributed by atoms with van der Waals surface area (Å²) in [5, 5.41) is 13.7.